The minimum atomic E-state index is -0.477. The summed E-state index contributed by atoms with van der Waals surface area (Å²) in [5.41, 5.74) is -0.259. The van der Waals surface area contributed by atoms with Gasteiger partial charge in [-0.3, -0.25) is 0 Å². The van der Waals surface area contributed by atoms with Crippen LogP contribution in [0.25, 0.3) is 0 Å². The molecule has 2 heterocycles. The van der Waals surface area contributed by atoms with Gasteiger partial charge in [-0.1, -0.05) is 0 Å². The molecule has 19 heavy (non-hydrogen) atoms. The molecule has 1 N–H and O–H groups in total. The highest BCUT2D eigenvalue weighted by Gasteiger charge is 2.47. The largest absolute Gasteiger partial charge is 0.444 e. The Bertz CT molecular complexity index is 334. The lowest BCUT2D eigenvalue weighted by Crippen LogP contribution is -2.42. The lowest BCUT2D eigenvalue weighted by Gasteiger charge is -2.33. The van der Waals surface area contributed by atoms with E-state index < -0.39 is 5.60 Å². The van der Waals surface area contributed by atoms with Crippen LogP contribution in [0.4, 0.5) is 4.79 Å². The monoisotopic (exact) mass is 287 g/mol. The van der Waals surface area contributed by atoms with Crippen molar-refractivity contribution in [3.63, 3.8) is 0 Å². The zero-order valence-electron chi connectivity index (χ0n) is 12.1. The second-order valence-corrected chi connectivity index (χ2v) is 7.99. The maximum Gasteiger partial charge on any atom is 0.410 e. The summed E-state index contributed by atoms with van der Waals surface area (Å²) < 4.78 is 5.46. The van der Waals surface area contributed by atoms with E-state index in [0.717, 1.165) is 25.8 Å². The highest BCUT2D eigenvalue weighted by molar-refractivity contribution is 7.99. The summed E-state index contributed by atoms with van der Waals surface area (Å²) >= 11 is 1.99. The second-order valence-electron chi connectivity index (χ2n) is 6.76. The normalized spacial score (nSPS) is 26.7. The van der Waals surface area contributed by atoms with E-state index in [-0.39, 0.29) is 24.2 Å². The molecule has 2 rings (SSSR count). The molecule has 0 aromatic heterocycles. The lowest BCUT2D eigenvalue weighted by molar-refractivity contribution is 0.0162. The number of hydrogen-bond donors (Lipinski definition) is 1. The Hall–Kier alpha value is -0.420. The smallest absolute Gasteiger partial charge is 0.410 e. The van der Waals surface area contributed by atoms with Crippen LogP contribution in [0.3, 0.4) is 0 Å². The summed E-state index contributed by atoms with van der Waals surface area (Å²) in [4.78, 5) is 14.0. The number of likely N-dealkylation sites (tertiary alicyclic amines) is 1. The van der Waals surface area contributed by atoms with Gasteiger partial charge in [-0.25, -0.2) is 4.79 Å². The molecule has 1 amide bonds. The Labute approximate surface area is 119 Å². The summed E-state index contributed by atoms with van der Waals surface area (Å²) in [7, 11) is 0. The number of rotatable bonds is 1. The quantitative estimate of drug-likeness (QED) is 0.805. The van der Waals surface area contributed by atoms with Crippen LogP contribution in [0.5, 0.6) is 0 Å². The molecular formula is C14H25NO3S. The fourth-order valence-electron chi connectivity index (χ4n) is 3.03. The molecule has 2 aliphatic rings. The summed E-state index contributed by atoms with van der Waals surface area (Å²) in [5, 5.41) is 9.54. The molecule has 0 aromatic rings. The third-order valence-electron chi connectivity index (χ3n) is 4.01. The van der Waals surface area contributed by atoms with E-state index in [4.69, 9.17) is 4.74 Å². The average molecular weight is 287 g/mol. The highest BCUT2D eigenvalue weighted by atomic mass is 32.2. The summed E-state index contributed by atoms with van der Waals surface area (Å²) in [6.07, 6.45) is 2.94. The van der Waals surface area contributed by atoms with Crippen molar-refractivity contribution in [2.75, 3.05) is 24.7 Å². The molecule has 4 nitrogen and oxygen atoms in total. The zero-order chi connectivity index (χ0) is 14.1. The van der Waals surface area contributed by atoms with Crippen molar-refractivity contribution in [1.29, 1.82) is 0 Å². The van der Waals surface area contributed by atoms with E-state index in [1.807, 2.05) is 32.5 Å². The van der Waals surface area contributed by atoms with E-state index in [1.165, 1.54) is 11.5 Å². The number of nitrogens with zero attached hydrogens (tertiary/aromatic N) is 1. The van der Waals surface area contributed by atoms with Crippen LogP contribution in [-0.4, -0.2) is 52.4 Å². The summed E-state index contributed by atoms with van der Waals surface area (Å²) in [6, 6.07) is -0.0713. The van der Waals surface area contributed by atoms with Crippen LogP contribution < -0.4 is 0 Å². The molecule has 2 saturated heterocycles. The number of amides is 1. The minimum Gasteiger partial charge on any atom is -0.444 e. The topological polar surface area (TPSA) is 49.8 Å². The Morgan fingerprint density at radius 2 is 2.05 bits per heavy atom. The molecule has 0 saturated carbocycles. The predicted molar refractivity (Wildman–Crippen MR) is 77.4 cm³/mol. The van der Waals surface area contributed by atoms with Crippen LogP contribution in [0, 0.1) is 5.41 Å². The van der Waals surface area contributed by atoms with Gasteiger partial charge < -0.3 is 14.7 Å². The Morgan fingerprint density at radius 1 is 1.42 bits per heavy atom. The minimum absolute atomic E-state index is 0.0358. The van der Waals surface area contributed by atoms with E-state index in [0.29, 0.717) is 0 Å². The van der Waals surface area contributed by atoms with Crippen molar-refractivity contribution in [2.45, 2.75) is 51.7 Å². The first-order chi connectivity index (χ1) is 8.85. The van der Waals surface area contributed by atoms with Gasteiger partial charge >= 0.3 is 6.09 Å². The molecule has 2 aliphatic heterocycles. The summed E-state index contributed by atoms with van der Waals surface area (Å²) in [6.45, 7) is 6.41. The Kier molecular flexibility index (Phi) is 4.35. The molecule has 1 atom stereocenters. The van der Waals surface area contributed by atoms with Gasteiger partial charge in [0.1, 0.15) is 5.60 Å². The van der Waals surface area contributed by atoms with Crippen molar-refractivity contribution in [3.05, 3.63) is 0 Å². The van der Waals surface area contributed by atoms with Crippen molar-refractivity contribution in [1.82, 2.24) is 4.90 Å². The number of thioether (sulfide) groups is 1. The van der Waals surface area contributed by atoms with E-state index in [2.05, 4.69) is 0 Å². The SMILES string of the molecule is CC(C)(C)OC(=O)N1CC2(CCSCC2)CC1CO. The average Bonchev–Trinajstić information content (AvgIpc) is 2.67. The predicted octanol–water partition coefficient (Wildman–Crippen LogP) is 2.50. The van der Waals surface area contributed by atoms with Crippen molar-refractivity contribution in [2.24, 2.45) is 5.41 Å². The molecule has 0 aromatic carbocycles. The number of aliphatic hydroxyl groups excluding tert-OH is 1. The summed E-state index contributed by atoms with van der Waals surface area (Å²) in [5.74, 6) is 2.33. The van der Waals surface area contributed by atoms with Crippen LogP contribution in [0.2, 0.25) is 0 Å². The van der Waals surface area contributed by atoms with E-state index >= 15 is 0 Å². The maximum absolute atomic E-state index is 12.2. The zero-order valence-corrected chi connectivity index (χ0v) is 13.0. The van der Waals surface area contributed by atoms with Crippen molar-refractivity contribution < 1.29 is 14.6 Å². The van der Waals surface area contributed by atoms with Crippen molar-refractivity contribution >= 4 is 17.9 Å². The number of carbonyl (C=O) groups excluding carboxylic acids is 1. The second kappa shape index (κ2) is 5.52. The van der Waals surface area contributed by atoms with Gasteiger partial charge in [0.2, 0.25) is 0 Å². The molecule has 2 fully saturated rings. The number of carbonyl (C=O) groups is 1. The van der Waals surface area contributed by atoms with Gasteiger partial charge in [0.15, 0.2) is 0 Å². The van der Waals surface area contributed by atoms with Crippen LogP contribution in [0.1, 0.15) is 40.0 Å². The fourth-order valence-corrected chi connectivity index (χ4v) is 4.39. The third-order valence-corrected chi connectivity index (χ3v) is 4.99. The molecule has 0 radical (unpaired) electrons. The highest BCUT2D eigenvalue weighted by Crippen LogP contribution is 2.45. The van der Waals surface area contributed by atoms with Gasteiger partial charge in [-0.15, -0.1) is 0 Å². The molecule has 0 bridgehead atoms. The first kappa shape index (κ1) is 15.0. The lowest BCUT2D eigenvalue weighted by atomic mass is 9.80. The number of hydrogen-bond acceptors (Lipinski definition) is 4. The van der Waals surface area contributed by atoms with Gasteiger partial charge in [-0.2, -0.15) is 11.8 Å². The van der Waals surface area contributed by atoms with E-state index in [1.54, 1.807) is 4.90 Å². The molecule has 1 unspecified atom stereocenters. The number of aliphatic hydroxyl groups is 1. The van der Waals surface area contributed by atoms with Gasteiger partial charge in [0.25, 0.3) is 0 Å². The van der Waals surface area contributed by atoms with Crippen LogP contribution >= 0.6 is 11.8 Å². The Morgan fingerprint density at radius 3 is 2.58 bits per heavy atom. The standard InChI is InChI=1S/C14H25NO3S/c1-13(2,3)18-12(17)15-10-14(8-11(15)9-16)4-6-19-7-5-14/h11,16H,4-10H2,1-3H3. The van der Waals surface area contributed by atoms with Gasteiger partial charge in [0, 0.05) is 6.54 Å². The fraction of sp³-hybridized carbons (Fsp3) is 0.929. The van der Waals surface area contributed by atoms with Crippen LogP contribution in [0.15, 0.2) is 0 Å². The number of ether oxygens (including phenoxy) is 1. The molecular weight excluding hydrogens is 262 g/mol. The first-order valence-electron chi connectivity index (χ1n) is 7.03. The molecule has 5 heteroatoms. The van der Waals surface area contributed by atoms with Crippen molar-refractivity contribution in [3.8, 4) is 0 Å². The molecule has 110 valence electrons. The van der Waals surface area contributed by atoms with Gasteiger partial charge in [-0.05, 0) is 57.0 Å². The van der Waals surface area contributed by atoms with Gasteiger partial charge in [0.05, 0.1) is 12.6 Å². The van der Waals surface area contributed by atoms with E-state index in [9.17, 15) is 9.90 Å². The van der Waals surface area contributed by atoms with Crippen LogP contribution in [-0.2, 0) is 4.74 Å². The molecule has 1 spiro atoms. The maximum atomic E-state index is 12.2. The molecule has 0 aliphatic carbocycles. The third kappa shape index (κ3) is 3.57. The first-order valence-corrected chi connectivity index (χ1v) is 8.19. The Balaban J connectivity index is 2.05.